The fourth-order valence-electron chi connectivity index (χ4n) is 1.48. The Hall–Kier alpha value is -0.780. The summed E-state index contributed by atoms with van der Waals surface area (Å²) in [5.41, 5.74) is 6.57. The van der Waals surface area contributed by atoms with Gasteiger partial charge in [0.1, 0.15) is 13.2 Å². The van der Waals surface area contributed by atoms with E-state index in [2.05, 4.69) is 15.9 Å². The fourth-order valence-corrected chi connectivity index (χ4v) is 2.22. The smallest absolute Gasteiger partial charge is 0.175 e. The number of aliphatic hydroxyl groups is 1. The molecule has 1 unspecified atom stereocenters. The van der Waals surface area contributed by atoms with E-state index in [-0.39, 0.29) is 6.61 Å². The van der Waals surface area contributed by atoms with Gasteiger partial charge in [0, 0.05) is 0 Å². The maximum absolute atomic E-state index is 9.00. The third-order valence-electron chi connectivity index (χ3n) is 2.27. The number of hydrogen-bond donors (Lipinski definition) is 2. The lowest BCUT2D eigenvalue weighted by Crippen LogP contribution is -2.19. The largest absolute Gasteiger partial charge is 0.486 e. The molecule has 0 aliphatic carbocycles. The van der Waals surface area contributed by atoms with Crippen LogP contribution in [0.4, 0.5) is 0 Å². The van der Waals surface area contributed by atoms with Crippen molar-refractivity contribution in [2.45, 2.75) is 6.04 Å². The maximum atomic E-state index is 9.00. The fraction of sp³-hybridized carbons (Fsp3) is 0.400. The van der Waals surface area contributed by atoms with E-state index < -0.39 is 6.04 Å². The number of ether oxygens (including phenoxy) is 2. The van der Waals surface area contributed by atoms with Crippen molar-refractivity contribution in [2.24, 2.45) is 5.73 Å². The molecule has 1 aliphatic rings. The SMILES string of the molecule is NC(CO)c1ccc2c(c1Br)OCCO2. The van der Waals surface area contributed by atoms with Crippen LogP contribution in [0.3, 0.4) is 0 Å². The first-order valence-electron chi connectivity index (χ1n) is 4.68. The number of hydrogen-bond acceptors (Lipinski definition) is 4. The minimum absolute atomic E-state index is 0.0990. The van der Waals surface area contributed by atoms with Crippen molar-refractivity contribution in [3.05, 3.63) is 22.2 Å². The quantitative estimate of drug-likeness (QED) is 0.850. The van der Waals surface area contributed by atoms with Crippen LogP contribution in [0.5, 0.6) is 11.5 Å². The van der Waals surface area contributed by atoms with E-state index in [0.717, 1.165) is 10.0 Å². The molecule has 0 saturated carbocycles. The van der Waals surface area contributed by atoms with Gasteiger partial charge in [0.2, 0.25) is 0 Å². The second-order valence-electron chi connectivity index (χ2n) is 3.28. The van der Waals surface area contributed by atoms with Gasteiger partial charge in [-0.3, -0.25) is 0 Å². The van der Waals surface area contributed by atoms with Gasteiger partial charge >= 0.3 is 0 Å². The summed E-state index contributed by atoms with van der Waals surface area (Å²) in [5, 5.41) is 9.00. The van der Waals surface area contributed by atoms with Crippen LogP contribution in [-0.4, -0.2) is 24.9 Å². The van der Waals surface area contributed by atoms with E-state index in [4.69, 9.17) is 20.3 Å². The molecule has 0 amide bonds. The zero-order valence-corrected chi connectivity index (χ0v) is 9.66. The number of nitrogens with two attached hydrogens (primary N) is 1. The highest BCUT2D eigenvalue weighted by molar-refractivity contribution is 9.10. The van der Waals surface area contributed by atoms with Crippen LogP contribution in [0, 0.1) is 0 Å². The monoisotopic (exact) mass is 273 g/mol. The highest BCUT2D eigenvalue weighted by Crippen LogP contribution is 2.40. The van der Waals surface area contributed by atoms with Crippen molar-refractivity contribution < 1.29 is 14.6 Å². The standard InChI is InChI=1S/C10H12BrNO3/c11-9-6(7(12)5-13)1-2-8-10(9)15-4-3-14-8/h1-2,7,13H,3-5,12H2. The van der Waals surface area contributed by atoms with Crippen LogP contribution in [-0.2, 0) is 0 Å². The van der Waals surface area contributed by atoms with Crippen LogP contribution in [0.1, 0.15) is 11.6 Å². The van der Waals surface area contributed by atoms with Crippen LogP contribution < -0.4 is 15.2 Å². The molecule has 1 aliphatic heterocycles. The summed E-state index contributed by atoms with van der Waals surface area (Å²) in [5.74, 6) is 1.38. The Morgan fingerprint density at radius 1 is 1.40 bits per heavy atom. The van der Waals surface area contributed by atoms with Crippen molar-refractivity contribution in [3.63, 3.8) is 0 Å². The molecule has 82 valence electrons. The Morgan fingerprint density at radius 2 is 2.13 bits per heavy atom. The van der Waals surface area contributed by atoms with E-state index in [9.17, 15) is 0 Å². The zero-order chi connectivity index (χ0) is 10.8. The molecule has 0 fully saturated rings. The van der Waals surface area contributed by atoms with E-state index in [1.54, 1.807) is 0 Å². The predicted molar refractivity (Wildman–Crippen MR) is 59.1 cm³/mol. The van der Waals surface area contributed by atoms with Gasteiger partial charge in [0.05, 0.1) is 17.1 Å². The number of halogens is 1. The Balaban J connectivity index is 2.43. The van der Waals surface area contributed by atoms with Gasteiger partial charge in [-0.05, 0) is 27.6 Å². The van der Waals surface area contributed by atoms with Crippen molar-refractivity contribution in [3.8, 4) is 11.5 Å². The van der Waals surface area contributed by atoms with Crippen LogP contribution in [0.25, 0.3) is 0 Å². The lowest BCUT2D eigenvalue weighted by atomic mass is 10.1. The third-order valence-corrected chi connectivity index (χ3v) is 3.09. The molecule has 0 radical (unpaired) electrons. The van der Waals surface area contributed by atoms with Crippen molar-refractivity contribution in [2.75, 3.05) is 19.8 Å². The molecule has 0 bridgehead atoms. The Kier molecular flexibility index (Phi) is 3.14. The summed E-state index contributed by atoms with van der Waals surface area (Å²) in [4.78, 5) is 0. The average molecular weight is 274 g/mol. The summed E-state index contributed by atoms with van der Waals surface area (Å²) in [6.07, 6.45) is 0. The molecule has 1 atom stereocenters. The van der Waals surface area contributed by atoms with Gasteiger partial charge in [-0.2, -0.15) is 0 Å². The first kappa shape index (κ1) is 10.7. The summed E-state index contributed by atoms with van der Waals surface area (Å²) in [6.45, 7) is 0.993. The molecule has 1 aromatic rings. The summed E-state index contributed by atoms with van der Waals surface area (Å²) < 4.78 is 11.7. The molecule has 2 rings (SSSR count). The maximum Gasteiger partial charge on any atom is 0.175 e. The molecule has 0 saturated heterocycles. The van der Waals surface area contributed by atoms with Gasteiger partial charge in [-0.25, -0.2) is 0 Å². The summed E-state index contributed by atoms with van der Waals surface area (Å²) >= 11 is 3.41. The average Bonchev–Trinajstić information content (AvgIpc) is 2.29. The number of rotatable bonds is 2. The molecular weight excluding hydrogens is 262 g/mol. The number of aliphatic hydroxyl groups excluding tert-OH is 1. The molecule has 1 aromatic carbocycles. The topological polar surface area (TPSA) is 64.7 Å². The molecule has 15 heavy (non-hydrogen) atoms. The molecule has 0 aromatic heterocycles. The Bertz CT molecular complexity index is 370. The van der Waals surface area contributed by atoms with Gasteiger partial charge in [0.15, 0.2) is 11.5 Å². The lowest BCUT2D eigenvalue weighted by Gasteiger charge is -2.22. The zero-order valence-electron chi connectivity index (χ0n) is 8.07. The molecule has 0 spiro atoms. The highest BCUT2D eigenvalue weighted by atomic mass is 79.9. The van der Waals surface area contributed by atoms with E-state index in [1.807, 2.05) is 12.1 Å². The van der Waals surface area contributed by atoms with Crippen LogP contribution in [0.2, 0.25) is 0 Å². The third kappa shape index (κ3) is 1.95. The number of fused-ring (bicyclic) bond motifs is 1. The Labute approximate surface area is 96.1 Å². The van der Waals surface area contributed by atoms with Gasteiger partial charge < -0.3 is 20.3 Å². The van der Waals surface area contributed by atoms with E-state index >= 15 is 0 Å². The highest BCUT2D eigenvalue weighted by Gasteiger charge is 2.20. The predicted octanol–water partition coefficient (Wildman–Crippen LogP) is 1.21. The second-order valence-corrected chi connectivity index (χ2v) is 4.08. The number of benzene rings is 1. The van der Waals surface area contributed by atoms with Gasteiger partial charge in [-0.15, -0.1) is 0 Å². The van der Waals surface area contributed by atoms with Crippen LogP contribution in [0.15, 0.2) is 16.6 Å². The van der Waals surface area contributed by atoms with Crippen LogP contribution >= 0.6 is 15.9 Å². The minimum Gasteiger partial charge on any atom is -0.486 e. The first-order valence-corrected chi connectivity index (χ1v) is 5.47. The minimum atomic E-state index is -0.407. The molecule has 1 heterocycles. The summed E-state index contributed by atoms with van der Waals surface area (Å²) in [6, 6.07) is 3.23. The summed E-state index contributed by atoms with van der Waals surface area (Å²) in [7, 11) is 0. The first-order chi connectivity index (χ1) is 7.24. The van der Waals surface area contributed by atoms with E-state index in [0.29, 0.717) is 24.7 Å². The van der Waals surface area contributed by atoms with Crippen molar-refractivity contribution in [1.29, 1.82) is 0 Å². The molecule has 5 heteroatoms. The van der Waals surface area contributed by atoms with E-state index in [1.165, 1.54) is 0 Å². The van der Waals surface area contributed by atoms with Gasteiger partial charge in [-0.1, -0.05) is 6.07 Å². The molecule has 4 nitrogen and oxygen atoms in total. The van der Waals surface area contributed by atoms with Gasteiger partial charge in [0.25, 0.3) is 0 Å². The second kappa shape index (κ2) is 4.38. The molecular formula is C10H12BrNO3. The van der Waals surface area contributed by atoms with Crippen molar-refractivity contribution in [1.82, 2.24) is 0 Å². The Morgan fingerprint density at radius 3 is 2.87 bits per heavy atom. The van der Waals surface area contributed by atoms with Crippen molar-refractivity contribution >= 4 is 15.9 Å². The lowest BCUT2D eigenvalue weighted by molar-refractivity contribution is 0.170. The normalized spacial score (nSPS) is 16.2. The molecule has 3 N–H and O–H groups in total.